The van der Waals surface area contributed by atoms with E-state index in [4.69, 9.17) is 21.4 Å². The van der Waals surface area contributed by atoms with Crippen LogP contribution in [-0.2, 0) is 9.53 Å². The molecular formula is C23H28ClN7O2. The summed E-state index contributed by atoms with van der Waals surface area (Å²) in [5, 5.41) is 17.1. The van der Waals surface area contributed by atoms with Gasteiger partial charge in [0.2, 0.25) is 5.91 Å². The van der Waals surface area contributed by atoms with Crippen LogP contribution < -0.4 is 10.2 Å². The lowest BCUT2D eigenvalue weighted by Crippen LogP contribution is -2.44. The molecule has 3 aromatic rings. The fourth-order valence-electron chi connectivity index (χ4n) is 4.40. The third-order valence-electron chi connectivity index (χ3n) is 6.37. The minimum Gasteiger partial charge on any atom is -0.379 e. The molecule has 5 rings (SSSR count). The lowest BCUT2D eigenvalue weighted by atomic mass is 9.96. The zero-order valence-corrected chi connectivity index (χ0v) is 19.2. The fraction of sp³-hybridized carbons (Fsp3) is 0.478. The Balaban J connectivity index is 1.18. The third kappa shape index (κ3) is 5.10. The van der Waals surface area contributed by atoms with Crippen molar-refractivity contribution in [1.82, 2.24) is 30.0 Å². The van der Waals surface area contributed by atoms with E-state index < -0.39 is 0 Å². The molecule has 9 nitrogen and oxygen atoms in total. The van der Waals surface area contributed by atoms with Crippen LogP contribution in [0.4, 0.5) is 5.82 Å². The van der Waals surface area contributed by atoms with Crippen molar-refractivity contribution in [2.45, 2.75) is 12.8 Å². The molecule has 33 heavy (non-hydrogen) atoms. The molecule has 0 atom stereocenters. The molecule has 0 unspecified atom stereocenters. The second-order valence-corrected chi connectivity index (χ2v) is 8.93. The smallest absolute Gasteiger partial charge is 0.223 e. The number of ether oxygens (including phenoxy) is 1. The van der Waals surface area contributed by atoms with Crippen LogP contribution in [0, 0.1) is 5.92 Å². The molecule has 1 N–H and O–H groups in total. The standard InChI is InChI=1S/C23H28ClN7O2/c24-19-3-1-17(2-4-19)22-27-26-20-5-6-21(28-31(20)22)30-10-7-18(8-11-30)23(32)25-9-12-29-13-15-33-16-14-29/h1-6,18H,7-16H2,(H,25,32). The highest BCUT2D eigenvalue weighted by Gasteiger charge is 2.26. The summed E-state index contributed by atoms with van der Waals surface area (Å²) in [5.41, 5.74) is 1.60. The van der Waals surface area contributed by atoms with Gasteiger partial charge in [-0.25, -0.2) is 0 Å². The molecule has 0 saturated carbocycles. The number of amides is 1. The van der Waals surface area contributed by atoms with Gasteiger partial charge in [-0.15, -0.1) is 15.3 Å². The van der Waals surface area contributed by atoms with Crippen LogP contribution >= 0.6 is 11.6 Å². The molecule has 2 aliphatic rings. The second-order valence-electron chi connectivity index (χ2n) is 8.50. The Kier molecular flexibility index (Phi) is 6.70. The maximum absolute atomic E-state index is 12.6. The van der Waals surface area contributed by atoms with E-state index in [1.165, 1.54) is 0 Å². The molecule has 2 saturated heterocycles. The fourth-order valence-corrected chi connectivity index (χ4v) is 4.53. The van der Waals surface area contributed by atoms with Crippen LogP contribution in [0.15, 0.2) is 36.4 Å². The minimum atomic E-state index is 0.0502. The number of hydrogen-bond acceptors (Lipinski definition) is 7. The average molecular weight is 470 g/mol. The van der Waals surface area contributed by atoms with Gasteiger partial charge in [0.15, 0.2) is 11.5 Å². The average Bonchev–Trinajstić information content (AvgIpc) is 3.28. The number of anilines is 1. The van der Waals surface area contributed by atoms with Crippen molar-refractivity contribution in [2.75, 3.05) is 57.4 Å². The van der Waals surface area contributed by atoms with Crippen molar-refractivity contribution in [3.63, 3.8) is 0 Å². The Labute approximate surface area is 197 Å². The van der Waals surface area contributed by atoms with Crippen molar-refractivity contribution < 1.29 is 9.53 Å². The number of halogens is 1. The first kappa shape index (κ1) is 22.1. The first-order valence-electron chi connectivity index (χ1n) is 11.5. The van der Waals surface area contributed by atoms with Crippen LogP contribution in [-0.4, -0.2) is 83.1 Å². The molecule has 0 radical (unpaired) electrons. The third-order valence-corrected chi connectivity index (χ3v) is 6.62. The van der Waals surface area contributed by atoms with E-state index in [2.05, 4.69) is 25.3 Å². The summed E-state index contributed by atoms with van der Waals surface area (Å²) in [7, 11) is 0. The number of carbonyl (C=O) groups excluding carboxylic acids is 1. The van der Waals surface area contributed by atoms with Crippen molar-refractivity contribution >= 4 is 29.0 Å². The van der Waals surface area contributed by atoms with Gasteiger partial charge in [0.05, 0.1) is 13.2 Å². The van der Waals surface area contributed by atoms with Crippen LogP contribution in [0.2, 0.25) is 5.02 Å². The molecule has 4 heterocycles. The largest absolute Gasteiger partial charge is 0.379 e. The lowest BCUT2D eigenvalue weighted by molar-refractivity contribution is -0.125. The summed E-state index contributed by atoms with van der Waals surface area (Å²) < 4.78 is 7.14. The number of carbonyl (C=O) groups is 1. The van der Waals surface area contributed by atoms with E-state index in [0.717, 1.165) is 70.2 Å². The minimum absolute atomic E-state index is 0.0502. The van der Waals surface area contributed by atoms with Crippen LogP contribution in [0.3, 0.4) is 0 Å². The molecular weight excluding hydrogens is 442 g/mol. The van der Waals surface area contributed by atoms with Gasteiger partial charge < -0.3 is 15.0 Å². The normalized spacial score (nSPS) is 18.0. The molecule has 2 fully saturated rings. The highest BCUT2D eigenvalue weighted by Crippen LogP contribution is 2.24. The number of piperidine rings is 1. The quantitative estimate of drug-likeness (QED) is 0.591. The van der Waals surface area contributed by atoms with Crippen molar-refractivity contribution in [1.29, 1.82) is 0 Å². The van der Waals surface area contributed by atoms with Crippen LogP contribution in [0.5, 0.6) is 0 Å². The van der Waals surface area contributed by atoms with Gasteiger partial charge in [0.1, 0.15) is 5.82 Å². The topological polar surface area (TPSA) is 87.9 Å². The predicted octanol–water partition coefficient (Wildman–Crippen LogP) is 2.11. The molecule has 0 spiro atoms. The monoisotopic (exact) mass is 469 g/mol. The summed E-state index contributed by atoms with van der Waals surface area (Å²) in [6, 6.07) is 11.4. The SMILES string of the molecule is O=C(NCCN1CCOCC1)C1CCN(c2ccc3nnc(-c4ccc(Cl)cc4)n3n2)CC1. The number of nitrogens with zero attached hydrogens (tertiary/aromatic N) is 6. The molecule has 1 amide bonds. The number of rotatable bonds is 6. The maximum atomic E-state index is 12.6. The van der Waals surface area contributed by atoms with Gasteiger partial charge >= 0.3 is 0 Å². The number of morpholine rings is 1. The van der Waals surface area contributed by atoms with Gasteiger partial charge in [0, 0.05) is 55.8 Å². The Hall–Kier alpha value is -2.75. The zero-order valence-electron chi connectivity index (χ0n) is 18.5. The van der Waals surface area contributed by atoms with E-state index in [1.54, 1.807) is 4.52 Å². The Morgan fingerprint density at radius 1 is 1.03 bits per heavy atom. The van der Waals surface area contributed by atoms with Crippen LogP contribution in [0.25, 0.3) is 17.0 Å². The number of hydrogen-bond donors (Lipinski definition) is 1. The molecule has 10 heteroatoms. The van der Waals surface area contributed by atoms with Crippen LogP contribution in [0.1, 0.15) is 12.8 Å². The van der Waals surface area contributed by atoms with Gasteiger partial charge in [0.25, 0.3) is 0 Å². The summed E-state index contributed by atoms with van der Waals surface area (Å²) >= 11 is 6.02. The van der Waals surface area contributed by atoms with Gasteiger partial charge in [-0.3, -0.25) is 9.69 Å². The zero-order chi connectivity index (χ0) is 22.6. The molecule has 2 aromatic heterocycles. The first-order chi connectivity index (χ1) is 16.2. The first-order valence-corrected chi connectivity index (χ1v) is 11.9. The number of aromatic nitrogens is 4. The predicted molar refractivity (Wildman–Crippen MR) is 126 cm³/mol. The van der Waals surface area contributed by atoms with E-state index in [9.17, 15) is 4.79 Å². The molecule has 1 aromatic carbocycles. The van der Waals surface area contributed by atoms with Gasteiger partial charge in [-0.1, -0.05) is 11.6 Å². The van der Waals surface area contributed by atoms with E-state index in [-0.39, 0.29) is 11.8 Å². The molecule has 0 aliphatic carbocycles. The number of nitrogens with one attached hydrogen (secondary N) is 1. The van der Waals surface area contributed by atoms with E-state index in [0.29, 0.717) is 23.0 Å². The molecule has 0 bridgehead atoms. The lowest BCUT2D eigenvalue weighted by Gasteiger charge is -2.32. The Morgan fingerprint density at radius 2 is 1.79 bits per heavy atom. The maximum Gasteiger partial charge on any atom is 0.223 e. The highest BCUT2D eigenvalue weighted by molar-refractivity contribution is 6.30. The molecule has 174 valence electrons. The summed E-state index contributed by atoms with van der Waals surface area (Å²) in [4.78, 5) is 17.2. The van der Waals surface area contributed by atoms with Gasteiger partial charge in [-0.2, -0.15) is 4.52 Å². The van der Waals surface area contributed by atoms with Gasteiger partial charge in [-0.05, 0) is 49.2 Å². The van der Waals surface area contributed by atoms with Crippen molar-refractivity contribution in [3.8, 4) is 11.4 Å². The van der Waals surface area contributed by atoms with E-state index >= 15 is 0 Å². The number of benzene rings is 1. The Bertz CT molecular complexity index is 1090. The highest BCUT2D eigenvalue weighted by atomic mass is 35.5. The summed E-state index contributed by atoms with van der Waals surface area (Å²) in [6.45, 7) is 6.60. The summed E-state index contributed by atoms with van der Waals surface area (Å²) in [5.74, 6) is 1.76. The second kappa shape index (κ2) is 10.0. The van der Waals surface area contributed by atoms with Crippen molar-refractivity contribution in [2.24, 2.45) is 5.92 Å². The Morgan fingerprint density at radius 3 is 2.55 bits per heavy atom. The number of fused-ring (bicyclic) bond motifs is 1. The van der Waals surface area contributed by atoms with Crippen molar-refractivity contribution in [3.05, 3.63) is 41.4 Å². The molecule has 2 aliphatic heterocycles. The van der Waals surface area contributed by atoms with E-state index in [1.807, 2.05) is 36.4 Å². The summed E-state index contributed by atoms with van der Waals surface area (Å²) in [6.07, 6.45) is 1.63.